The molecule has 2 aromatic rings. The van der Waals surface area contributed by atoms with Crippen LogP contribution in [0.15, 0.2) is 0 Å². The first-order valence-corrected chi connectivity index (χ1v) is 6.06. The number of methoxy groups -OCH3 is 1. The Morgan fingerprint density at radius 3 is 2.38 bits per heavy atom. The molecular weight excluding hydrogens is 270 g/mol. The Labute approximate surface area is 120 Å². The molecule has 0 amide bonds. The third-order valence-corrected chi connectivity index (χ3v) is 2.97. The van der Waals surface area contributed by atoms with Crippen LogP contribution in [0.25, 0.3) is 11.2 Å². The first kappa shape index (κ1) is 14.3. The molecule has 2 N–H and O–H groups in total. The van der Waals surface area contributed by atoms with Crippen LogP contribution in [0.3, 0.4) is 0 Å². The fourth-order valence-corrected chi connectivity index (χ4v) is 2.01. The summed E-state index contributed by atoms with van der Waals surface area (Å²) in [7, 11) is 1.59. The second kappa shape index (κ2) is 5.87. The normalized spacial score (nSPS) is 10.0. The van der Waals surface area contributed by atoms with Crippen molar-refractivity contribution in [3.8, 4) is 18.2 Å². The average Bonchev–Trinajstić information content (AvgIpc) is 2.77. The number of fused-ring (bicyclic) bond motifs is 1. The van der Waals surface area contributed by atoms with Crippen molar-refractivity contribution in [2.24, 2.45) is 0 Å². The van der Waals surface area contributed by atoms with Crippen LogP contribution >= 0.6 is 0 Å². The highest BCUT2D eigenvalue weighted by Gasteiger charge is 2.20. The quantitative estimate of drug-likeness (QED) is 0.812. The van der Waals surface area contributed by atoms with E-state index in [4.69, 9.17) is 21.0 Å². The van der Waals surface area contributed by atoms with Gasteiger partial charge in [0.1, 0.15) is 35.1 Å². The molecule has 0 aliphatic rings. The van der Waals surface area contributed by atoms with Gasteiger partial charge in [-0.15, -0.1) is 0 Å². The fraction of sp³-hybridized carbons (Fsp3) is 0.308. The van der Waals surface area contributed by atoms with Gasteiger partial charge in [0.2, 0.25) is 0 Å². The summed E-state index contributed by atoms with van der Waals surface area (Å²) in [5.41, 5.74) is 6.48. The van der Waals surface area contributed by atoms with Crippen LogP contribution < -0.4 is 5.73 Å². The molecule has 0 fully saturated rings. The molecule has 0 spiro atoms. The SMILES string of the molecule is COCCCn1c(N)c(C#N)c2nc(C#N)c(C#N)nc21. The summed E-state index contributed by atoms with van der Waals surface area (Å²) in [4.78, 5) is 8.16. The minimum absolute atomic E-state index is 0.0834. The van der Waals surface area contributed by atoms with Crippen LogP contribution in [0.5, 0.6) is 0 Å². The van der Waals surface area contributed by atoms with Crippen LogP contribution in [-0.2, 0) is 11.3 Å². The molecule has 0 bridgehead atoms. The van der Waals surface area contributed by atoms with E-state index in [1.807, 2.05) is 12.1 Å². The van der Waals surface area contributed by atoms with Crippen LogP contribution in [-0.4, -0.2) is 28.3 Å². The molecule has 8 nitrogen and oxygen atoms in total. The number of aryl methyl sites for hydroxylation is 1. The maximum absolute atomic E-state index is 9.21. The molecule has 2 aromatic heterocycles. The number of aromatic nitrogens is 3. The summed E-state index contributed by atoms with van der Waals surface area (Å²) in [5.74, 6) is 0.225. The van der Waals surface area contributed by atoms with Gasteiger partial charge in [0.25, 0.3) is 0 Å². The Morgan fingerprint density at radius 2 is 1.81 bits per heavy atom. The van der Waals surface area contributed by atoms with E-state index in [0.717, 1.165) is 0 Å². The van der Waals surface area contributed by atoms with E-state index >= 15 is 0 Å². The fourth-order valence-electron chi connectivity index (χ4n) is 2.01. The zero-order valence-electron chi connectivity index (χ0n) is 11.3. The topological polar surface area (TPSA) is 137 Å². The van der Waals surface area contributed by atoms with Crippen LogP contribution in [0.4, 0.5) is 5.82 Å². The van der Waals surface area contributed by atoms with E-state index in [2.05, 4.69) is 9.97 Å². The summed E-state index contributed by atoms with van der Waals surface area (Å²) in [6.45, 7) is 0.999. The van der Waals surface area contributed by atoms with E-state index in [1.54, 1.807) is 17.7 Å². The van der Waals surface area contributed by atoms with Crippen LogP contribution in [0.1, 0.15) is 23.4 Å². The second-order valence-corrected chi connectivity index (χ2v) is 4.19. The lowest BCUT2D eigenvalue weighted by molar-refractivity contribution is 0.191. The Bertz CT molecular complexity index is 816. The van der Waals surface area contributed by atoms with Crippen molar-refractivity contribution >= 4 is 17.0 Å². The number of rotatable bonds is 4. The average molecular weight is 281 g/mol. The molecule has 0 saturated heterocycles. The van der Waals surface area contributed by atoms with Crippen molar-refractivity contribution in [1.82, 2.24) is 14.5 Å². The molecule has 2 rings (SSSR count). The molecule has 0 aliphatic heterocycles. The number of hydrogen-bond donors (Lipinski definition) is 1. The van der Waals surface area contributed by atoms with Gasteiger partial charge >= 0.3 is 0 Å². The van der Waals surface area contributed by atoms with Crippen LogP contribution in [0, 0.1) is 34.0 Å². The lowest BCUT2D eigenvalue weighted by Crippen LogP contribution is -2.07. The minimum Gasteiger partial charge on any atom is -0.385 e. The number of anilines is 1. The van der Waals surface area contributed by atoms with Gasteiger partial charge in [-0.25, -0.2) is 9.97 Å². The first-order valence-electron chi connectivity index (χ1n) is 6.06. The summed E-state index contributed by atoms with van der Waals surface area (Å²) in [5, 5.41) is 27.2. The second-order valence-electron chi connectivity index (χ2n) is 4.19. The van der Waals surface area contributed by atoms with Crippen molar-refractivity contribution < 1.29 is 4.74 Å². The molecule has 0 unspecified atom stereocenters. The van der Waals surface area contributed by atoms with Gasteiger partial charge in [0, 0.05) is 20.3 Å². The van der Waals surface area contributed by atoms with Crippen molar-refractivity contribution in [2.75, 3.05) is 19.5 Å². The predicted octanol–water partition coefficient (Wildman–Crippen LogP) is 0.665. The van der Waals surface area contributed by atoms with E-state index in [1.165, 1.54) is 0 Å². The van der Waals surface area contributed by atoms with Crippen molar-refractivity contribution in [1.29, 1.82) is 15.8 Å². The Balaban J connectivity index is 2.69. The van der Waals surface area contributed by atoms with Gasteiger partial charge in [-0.3, -0.25) is 0 Å². The summed E-state index contributed by atoms with van der Waals surface area (Å²) < 4.78 is 6.59. The number of hydrogen-bond acceptors (Lipinski definition) is 7. The third-order valence-electron chi connectivity index (χ3n) is 2.97. The Morgan fingerprint density at radius 1 is 1.14 bits per heavy atom. The highest BCUT2D eigenvalue weighted by Crippen LogP contribution is 2.26. The molecule has 0 atom stereocenters. The molecule has 8 heteroatoms. The highest BCUT2D eigenvalue weighted by molar-refractivity contribution is 5.86. The Kier molecular flexibility index (Phi) is 3.99. The van der Waals surface area contributed by atoms with Crippen molar-refractivity contribution in [2.45, 2.75) is 13.0 Å². The van der Waals surface area contributed by atoms with E-state index in [0.29, 0.717) is 25.2 Å². The molecule has 104 valence electrons. The zero-order valence-corrected chi connectivity index (χ0v) is 11.3. The molecule has 21 heavy (non-hydrogen) atoms. The number of nitrogens with zero attached hydrogens (tertiary/aromatic N) is 6. The van der Waals surface area contributed by atoms with Crippen molar-refractivity contribution in [3.05, 3.63) is 17.0 Å². The summed E-state index contributed by atoms with van der Waals surface area (Å²) in [6.07, 6.45) is 0.666. The number of ether oxygens (including phenoxy) is 1. The zero-order chi connectivity index (χ0) is 15.4. The molecule has 0 saturated carbocycles. The number of nitrogens with two attached hydrogens (primary N) is 1. The minimum atomic E-state index is -0.115. The van der Waals surface area contributed by atoms with Gasteiger partial charge in [-0.2, -0.15) is 15.8 Å². The maximum atomic E-state index is 9.21. The first-order chi connectivity index (χ1) is 10.2. The molecular formula is C13H11N7O. The standard InChI is InChI=1S/C13H11N7O/c1-21-4-2-3-20-12(17)8(5-14)11-13(20)19-10(7-16)9(6-15)18-11/h2-4,17H2,1H3. The number of nitrogen functional groups attached to an aromatic ring is 1. The van der Waals surface area contributed by atoms with E-state index in [9.17, 15) is 5.26 Å². The van der Waals surface area contributed by atoms with Gasteiger partial charge < -0.3 is 15.0 Å². The molecule has 2 heterocycles. The van der Waals surface area contributed by atoms with Crippen LogP contribution in [0.2, 0.25) is 0 Å². The highest BCUT2D eigenvalue weighted by atomic mass is 16.5. The van der Waals surface area contributed by atoms with Crippen molar-refractivity contribution in [3.63, 3.8) is 0 Å². The van der Waals surface area contributed by atoms with Gasteiger partial charge in [0.15, 0.2) is 17.0 Å². The monoisotopic (exact) mass is 281 g/mol. The maximum Gasteiger partial charge on any atom is 0.179 e. The van der Waals surface area contributed by atoms with E-state index < -0.39 is 0 Å². The molecule has 0 aliphatic carbocycles. The Hall–Kier alpha value is -3.15. The lowest BCUT2D eigenvalue weighted by atomic mass is 10.3. The van der Waals surface area contributed by atoms with Gasteiger partial charge in [0.05, 0.1) is 0 Å². The molecule has 0 aromatic carbocycles. The van der Waals surface area contributed by atoms with Gasteiger partial charge in [-0.1, -0.05) is 0 Å². The summed E-state index contributed by atoms with van der Waals surface area (Å²) >= 11 is 0. The van der Waals surface area contributed by atoms with E-state index in [-0.39, 0.29) is 28.3 Å². The van der Waals surface area contributed by atoms with Gasteiger partial charge in [-0.05, 0) is 6.42 Å². The molecule has 0 radical (unpaired) electrons. The number of nitriles is 3. The lowest BCUT2D eigenvalue weighted by Gasteiger charge is -2.06. The third kappa shape index (κ3) is 2.34. The smallest absolute Gasteiger partial charge is 0.179 e. The summed E-state index contributed by atoms with van der Waals surface area (Å²) in [6, 6.07) is 5.58. The predicted molar refractivity (Wildman–Crippen MR) is 72.6 cm³/mol. The largest absolute Gasteiger partial charge is 0.385 e.